The highest BCUT2D eigenvalue weighted by molar-refractivity contribution is 6.34. The number of rotatable bonds is 9. The molecule has 0 unspecified atom stereocenters. The van der Waals surface area contributed by atoms with Crippen LogP contribution in [0.5, 0.6) is 0 Å². The Morgan fingerprint density at radius 1 is 1.09 bits per heavy atom. The van der Waals surface area contributed by atoms with Crippen molar-refractivity contribution < 1.29 is 33.4 Å². The predicted molar refractivity (Wildman–Crippen MR) is 176 cm³/mol. The third-order valence-electron chi connectivity index (χ3n) is 9.78. The Kier molecular flexibility index (Phi) is 10.2. The van der Waals surface area contributed by atoms with E-state index in [4.69, 9.17) is 21.1 Å². The quantitative estimate of drug-likeness (QED) is 0.275. The summed E-state index contributed by atoms with van der Waals surface area (Å²) in [6.45, 7) is 6.45. The summed E-state index contributed by atoms with van der Waals surface area (Å²) in [6.07, 6.45) is 4.74. The molecule has 1 aliphatic carbocycles. The summed E-state index contributed by atoms with van der Waals surface area (Å²) < 4.78 is 27.7. The molecule has 252 valence electrons. The van der Waals surface area contributed by atoms with Crippen molar-refractivity contribution in [1.29, 1.82) is 0 Å². The van der Waals surface area contributed by atoms with Gasteiger partial charge in [-0.05, 0) is 69.7 Å². The van der Waals surface area contributed by atoms with Crippen molar-refractivity contribution in [3.05, 3.63) is 64.6 Å². The van der Waals surface area contributed by atoms with Crippen LogP contribution in [0.25, 0.3) is 10.9 Å². The largest absolute Gasteiger partial charge is 0.481 e. The number of nitrogens with zero attached hydrogens (tertiary/aromatic N) is 2. The van der Waals surface area contributed by atoms with E-state index in [-0.39, 0.29) is 64.9 Å². The lowest BCUT2D eigenvalue weighted by atomic mass is 9.87. The minimum atomic E-state index is -0.759. The van der Waals surface area contributed by atoms with Gasteiger partial charge >= 0.3 is 5.97 Å². The Hall–Kier alpha value is -3.51. The zero-order valence-electron chi connectivity index (χ0n) is 26.7. The third kappa shape index (κ3) is 7.64. The number of carboxylic acids is 1. The summed E-state index contributed by atoms with van der Waals surface area (Å²) in [7, 11) is 0. The van der Waals surface area contributed by atoms with Crippen LogP contribution in [0.15, 0.2) is 42.6 Å². The van der Waals surface area contributed by atoms with E-state index in [1.165, 1.54) is 6.07 Å². The van der Waals surface area contributed by atoms with Crippen molar-refractivity contribution in [3.8, 4) is 0 Å². The molecule has 2 saturated heterocycles. The predicted octanol–water partition coefficient (Wildman–Crippen LogP) is 5.49. The zero-order chi connectivity index (χ0) is 33.2. The third-order valence-corrected chi connectivity index (χ3v) is 10.1. The topological polar surface area (TPSA) is 124 Å². The van der Waals surface area contributed by atoms with Crippen LogP contribution >= 0.6 is 11.6 Å². The van der Waals surface area contributed by atoms with E-state index >= 15 is 4.39 Å². The monoisotopic (exact) mass is 668 g/mol. The molecule has 3 N–H and O–H groups in total. The number of halogens is 2. The molecular formula is C35H42ClFN4O6. The molecule has 2 amide bonds. The Bertz CT molecular complexity index is 1610. The number of aromatic nitrogens is 1. The molecule has 3 aliphatic rings. The fourth-order valence-electron chi connectivity index (χ4n) is 7.39. The van der Waals surface area contributed by atoms with Crippen LogP contribution in [0.3, 0.4) is 0 Å². The molecule has 0 bridgehead atoms. The first kappa shape index (κ1) is 33.4. The number of hydrogen-bond acceptors (Lipinski definition) is 6. The molecule has 6 rings (SSSR count). The van der Waals surface area contributed by atoms with E-state index in [0.29, 0.717) is 44.4 Å². The van der Waals surface area contributed by atoms with Crippen LogP contribution in [0.2, 0.25) is 5.02 Å². The molecule has 0 spiro atoms. The Labute approximate surface area is 278 Å². The molecular weight excluding hydrogens is 627 g/mol. The first-order chi connectivity index (χ1) is 22.5. The van der Waals surface area contributed by atoms with Gasteiger partial charge < -0.3 is 29.8 Å². The van der Waals surface area contributed by atoms with Crippen molar-refractivity contribution in [2.24, 2.45) is 5.92 Å². The van der Waals surface area contributed by atoms with Crippen LogP contribution < -0.4 is 5.32 Å². The number of H-pyrrole nitrogens is 1. The molecule has 3 aromatic rings. The van der Waals surface area contributed by atoms with E-state index < -0.39 is 17.7 Å². The number of amides is 2. The van der Waals surface area contributed by atoms with Gasteiger partial charge in [0, 0.05) is 42.8 Å². The molecule has 3 heterocycles. The van der Waals surface area contributed by atoms with Crippen LogP contribution in [-0.4, -0.2) is 94.3 Å². The van der Waals surface area contributed by atoms with E-state index in [2.05, 4.69) is 15.2 Å². The first-order valence-electron chi connectivity index (χ1n) is 16.4. The maximum absolute atomic E-state index is 15.5. The van der Waals surface area contributed by atoms with Gasteiger partial charge in [0.05, 0.1) is 59.6 Å². The van der Waals surface area contributed by atoms with Crippen LogP contribution in [0.4, 0.5) is 10.1 Å². The normalized spacial score (nSPS) is 26.9. The van der Waals surface area contributed by atoms with Gasteiger partial charge in [-0.2, -0.15) is 0 Å². The molecule has 12 heteroatoms. The summed E-state index contributed by atoms with van der Waals surface area (Å²) in [4.78, 5) is 45.5. The van der Waals surface area contributed by atoms with Crippen molar-refractivity contribution in [2.75, 3.05) is 31.6 Å². The number of carbonyl (C=O) groups excluding carboxylic acids is 2. The maximum atomic E-state index is 15.5. The van der Waals surface area contributed by atoms with E-state index in [0.717, 1.165) is 36.5 Å². The van der Waals surface area contributed by atoms with Gasteiger partial charge in [0.1, 0.15) is 5.82 Å². The Balaban J connectivity index is 1.14. The standard InChI is InChI=1S/C35H42ClFN4O6/c1-20-16-40(17-21(2)47-20)24-13-25(19-46-26-9-7-22(8-10-26)35(44)45)41(18-24)33(42)12-23-11-29(36)32(14-30(23)37)39-34(43)28-15-38-31-6-4-3-5-27(28)31/h3-6,11,14-15,20-22,24-26,38H,7-10,12-13,16-19H2,1-2H3,(H,39,43)(H,44,45)/t20-,21+,22?,24-,25-,26?/m0/s1. The highest BCUT2D eigenvalue weighted by Crippen LogP contribution is 2.32. The summed E-state index contributed by atoms with van der Waals surface area (Å²) in [5.41, 5.74) is 1.48. The SMILES string of the molecule is C[C@@H]1CN([C@H]2C[C@@H](COC3CCC(C(=O)O)CC3)N(C(=O)Cc3cc(Cl)c(NC(=O)c4c[nH]c5ccccc45)cc3F)C2)C[C@H](C)O1. The van der Waals surface area contributed by atoms with Crippen molar-refractivity contribution in [3.63, 3.8) is 0 Å². The Morgan fingerprint density at radius 2 is 1.81 bits per heavy atom. The second-order valence-corrected chi connectivity index (χ2v) is 13.7. The Morgan fingerprint density at radius 3 is 2.53 bits per heavy atom. The van der Waals surface area contributed by atoms with Gasteiger partial charge in [-0.3, -0.25) is 19.3 Å². The zero-order valence-corrected chi connectivity index (χ0v) is 27.5. The number of carbonyl (C=O) groups is 3. The lowest BCUT2D eigenvalue weighted by Crippen LogP contribution is -2.51. The van der Waals surface area contributed by atoms with Gasteiger partial charge in [-0.15, -0.1) is 0 Å². The van der Waals surface area contributed by atoms with Crippen LogP contribution in [0.1, 0.15) is 61.9 Å². The number of aliphatic carboxylic acids is 1. The second-order valence-electron chi connectivity index (χ2n) is 13.2. The summed E-state index contributed by atoms with van der Waals surface area (Å²) in [6, 6.07) is 9.86. The number of para-hydroxylation sites is 1. The van der Waals surface area contributed by atoms with Crippen molar-refractivity contribution >= 4 is 46.0 Å². The number of aromatic amines is 1. The summed E-state index contributed by atoms with van der Waals surface area (Å²) >= 11 is 6.53. The van der Waals surface area contributed by atoms with Crippen molar-refractivity contribution in [1.82, 2.24) is 14.8 Å². The number of benzene rings is 2. The van der Waals surface area contributed by atoms with E-state index in [1.807, 2.05) is 38.1 Å². The van der Waals surface area contributed by atoms with Crippen LogP contribution in [0, 0.1) is 11.7 Å². The molecule has 3 fully saturated rings. The minimum absolute atomic E-state index is 0.0479. The molecule has 1 aromatic heterocycles. The lowest BCUT2D eigenvalue weighted by molar-refractivity contribution is -0.144. The number of hydrogen-bond donors (Lipinski definition) is 3. The molecule has 4 atom stereocenters. The highest BCUT2D eigenvalue weighted by atomic mass is 35.5. The van der Waals surface area contributed by atoms with Gasteiger partial charge in [0.15, 0.2) is 0 Å². The smallest absolute Gasteiger partial charge is 0.306 e. The van der Waals surface area contributed by atoms with Gasteiger partial charge in [0.2, 0.25) is 5.91 Å². The first-order valence-corrected chi connectivity index (χ1v) is 16.8. The molecule has 0 radical (unpaired) electrons. The number of carboxylic acid groups (broad SMARTS) is 1. The number of anilines is 1. The van der Waals surface area contributed by atoms with Gasteiger partial charge in [-0.1, -0.05) is 29.8 Å². The number of nitrogens with one attached hydrogen (secondary N) is 2. The van der Waals surface area contributed by atoms with Gasteiger partial charge in [-0.25, -0.2) is 4.39 Å². The number of fused-ring (bicyclic) bond motifs is 1. The summed E-state index contributed by atoms with van der Waals surface area (Å²) in [5.74, 6) is -2.38. The number of morpholine rings is 1. The average molecular weight is 669 g/mol. The second kappa shape index (κ2) is 14.3. The molecule has 47 heavy (non-hydrogen) atoms. The van der Waals surface area contributed by atoms with Crippen LogP contribution in [-0.2, 0) is 25.5 Å². The fraction of sp³-hybridized carbons (Fsp3) is 0.514. The fourth-order valence-corrected chi connectivity index (χ4v) is 7.63. The molecule has 2 aliphatic heterocycles. The number of likely N-dealkylation sites (tertiary alicyclic amines) is 1. The summed E-state index contributed by atoms with van der Waals surface area (Å²) in [5, 5.41) is 12.9. The lowest BCUT2D eigenvalue weighted by Gasteiger charge is -2.38. The molecule has 2 aromatic carbocycles. The van der Waals surface area contributed by atoms with E-state index in [9.17, 15) is 19.5 Å². The maximum Gasteiger partial charge on any atom is 0.306 e. The van der Waals surface area contributed by atoms with Crippen molar-refractivity contribution in [2.45, 2.75) is 82.8 Å². The van der Waals surface area contributed by atoms with Gasteiger partial charge in [0.25, 0.3) is 5.91 Å². The minimum Gasteiger partial charge on any atom is -0.481 e. The average Bonchev–Trinajstić information content (AvgIpc) is 3.67. The highest BCUT2D eigenvalue weighted by Gasteiger charge is 2.40. The molecule has 1 saturated carbocycles. The van der Waals surface area contributed by atoms with E-state index in [1.54, 1.807) is 11.1 Å². The molecule has 10 nitrogen and oxygen atoms in total. The number of ether oxygens (including phenoxy) is 2.